The van der Waals surface area contributed by atoms with Crippen molar-refractivity contribution in [2.45, 2.75) is 12.8 Å². The number of amides is 1. The van der Waals surface area contributed by atoms with Crippen molar-refractivity contribution in [3.63, 3.8) is 0 Å². The van der Waals surface area contributed by atoms with Gasteiger partial charge in [-0.25, -0.2) is 4.98 Å². The number of aromatic nitrogens is 1. The van der Waals surface area contributed by atoms with Gasteiger partial charge in [0.15, 0.2) is 0 Å². The number of hydrogen-bond donors (Lipinski definition) is 1. The van der Waals surface area contributed by atoms with E-state index in [-0.39, 0.29) is 11.8 Å². The van der Waals surface area contributed by atoms with Gasteiger partial charge in [0.25, 0.3) is 0 Å². The number of halogens is 2. The van der Waals surface area contributed by atoms with E-state index in [2.05, 4.69) is 31.1 Å². The minimum Gasteiger partial charge on any atom is -0.357 e. The summed E-state index contributed by atoms with van der Waals surface area (Å²) < 4.78 is 0.957. The molecule has 2 aromatic rings. The average Bonchev–Trinajstić information content (AvgIpc) is 2.56. The summed E-state index contributed by atoms with van der Waals surface area (Å²) in [5.41, 5.74) is 0.825. The third-order valence-electron chi connectivity index (χ3n) is 3.99. The first-order valence-corrected chi connectivity index (χ1v) is 8.72. The highest BCUT2D eigenvalue weighted by Gasteiger charge is 2.25. The first kappa shape index (κ1) is 16.3. The van der Waals surface area contributed by atoms with E-state index >= 15 is 0 Å². The lowest BCUT2D eigenvalue weighted by molar-refractivity contribution is -0.120. The van der Waals surface area contributed by atoms with Crippen molar-refractivity contribution < 1.29 is 4.79 Å². The predicted molar refractivity (Wildman–Crippen MR) is 97.0 cm³/mol. The van der Waals surface area contributed by atoms with Crippen LogP contribution in [-0.2, 0) is 4.79 Å². The molecule has 0 unspecified atom stereocenters. The molecule has 3 rings (SSSR count). The minimum absolute atomic E-state index is 0.0394. The van der Waals surface area contributed by atoms with Gasteiger partial charge < -0.3 is 10.2 Å². The summed E-state index contributed by atoms with van der Waals surface area (Å²) in [6, 6.07) is 11.4. The molecule has 0 spiro atoms. The van der Waals surface area contributed by atoms with Crippen LogP contribution in [0.5, 0.6) is 0 Å². The van der Waals surface area contributed by atoms with Crippen LogP contribution in [0.4, 0.5) is 11.5 Å². The molecule has 4 nitrogen and oxygen atoms in total. The zero-order valence-corrected chi connectivity index (χ0v) is 14.8. The zero-order chi connectivity index (χ0) is 16.2. The first-order valence-electron chi connectivity index (χ1n) is 7.55. The normalized spacial score (nSPS) is 15.5. The number of carbonyl (C=O) groups is 1. The van der Waals surface area contributed by atoms with Crippen molar-refractivity contribution in [2.75, 3.05) is 23.3 Å². The van der Waals surface area contributed by atoms with Crippen molar-refractivity contribution in [1.29, 1.82) is 0 Å². The van der Waals surface area contributed by atoms with E-state index in [9.17, 15) is 4.79 Å². The molecule has 1 N–H and O–H groups in total. The van der Waals surface area contributed by atoms with Crippen molar-refractivity contribution in [3.8, 4) is 0 Å². The number of rotatable bonds is 3. The van der Waals surface area contributed by atoms with E-state index in [1.54, 1.807) is 6.20 Å². The summed E-state index contributed by atoms with van der Waals surface area (Å²) in [7, 11) is 0. The van der Waals surface area contributed by atoms with Gasteiger partial charge in [-0.15, -0.1) is 0 Å². The Bertz CT molecular complexity index is 684. The van der Waals surface area contributed by atoms with Gasteiger partial charge in [-0.1, -0.05) is 33.6 Å². The third-order valence-corrected chi connectivity index (χ3v) is 4.71. The number of piperidine rings is 1. The highest BCUT2D eigenvalue weighted by molar-refractivity contribution is 9.10. The van der Waals surface area contributed by atoms with Gasteiger partial charge in [0.1, 0.15) is 5.82 Å². The van der Waals surface area contributed by atoms with E-state index in [4.69, 9.17) is 11.6 Å². The van der Waals surface area contributed by atoms with Crippen molar-refractivity contribution in [3.05, 3.63) is 52.1 Å². The first-order chi connectivity index (χ1) is 11.1. The molecule has 1 aromatic heterocycles. The second-order valence-electron chi connectivity index (χ2n) is 5.60. The molecule has 0 radical (unpaired) electrons. The lowest BCUT2D eigenvalue weighted by atomic mass is 9.96. The lowest BCUT2D eigenvalue weighted by Crippen LogP contribution is -2.38. The zero-order valence-electron chi connectivity index (χ0n) is 12.5. The molecule has 1 saturated heterocycles. The quantitative estimate of drug-likeness (QED) is 0.841. The van der Waals surface area contributed by atoms with Crippen LogP contribution in [0.15, 0.2) is 47.1 Å². The highest BCUT2D eigenvalue weighted by atomic mass is 79.9. The number of nitrogens with zero attached hydrogens (tertiary/aromatic N) is 2. The smallest absolute Gasteiger partial charge is 0.227 e. The molecule has 0 saturated carbocycles. The Morgan fingerprint density at radius 2 is 2.04 bits per heavy atom. The molecular formula is C17H17BrClN3O. The van der Waals surface area contributed by atoms with Crippen LogP contribution in [0.1, 0.15) is 12.8 Å². The lowest BCUT2D eigenvalue weighted by Gasteiger charge is -2.32. The molecule has 1 fully saturated rings. The summed E-state index contributed by atoms with van der Waals surface area (Å²) in [4.78, 5) is 18.9. The minimum atomic E-state index is 0.0394. The van der Waals surface area contributed by atoms with E-state index < -0.39 is 0 Å². The molecule has 1 aliphatic rings. The van der Waals surface area contributed by atoms with E-state index in [0.29, 0.717) is 5.02 Å². The van der Waals surface area contributed by atoms with E-state index in [1.165, 1.54) is 0 Å². The Morgan fingerprint density at radius 1 is 1.26 bits per heavy atom. The van der Waals surface area contributed by atoms with Crippen LogP contribution in [0.25, 0.3) is 0 Å². The number of carbonyl (C=O) groups excluding carboxylic acids is 1. The van der Waals surface area contributed by atoms with Crippen LogP contribution in [-0.4, -0.2) is 24.0 Å². The van der Waals surface area contributed by atoms with Gasteiger partial charge in [-0.05, 0) is 43.2 Å². The highest BCUT2D eigenvalue weighted by Crippen LogP contribution is 2.24. The van der Waals surface area contributed by atoms with Crippen LogP contribution in [0, 0.1) is 5.92 Å². The van der Waals surface area contributed by atoms with Crippen LogP contribution in [0.2, 0.25) is 5.02 Å². The molecule has 2 heterocycles. The Labute approximate surface area is 149 Å². The fraction of sp³-hybridized carbons (Fsp3) is 0.294. The van der Waals surface area contributed by atoms with E-state index in [1.807, 2.05) is 36.4 Å². The van der Waals surface area contributed by atoms with Gasteiger partial charge in [-0.3, -0.25) is 4.79 Å². The fourth-order valence-corrected chi connectivity index (χ4v) is 3.25. The fourth-order valence-electron chi connectivity index (χ4n) is 2.74. The number of anilines is 2. The van der Waals surface area contributed by atoms with Gasteiger partial charge in [0.2, 0.25) is 5.91 Å². The average molecular weight is 395 g/mol. The molecular weight excluding hydrogens is 378 g/mol. The molecule has 0 aliphatic carbocycles. The van der Waals surface area contributed by atoms with Crippen LogP contribution in [0.3, 0.4) is 0 Å². The second-order valence-corrected chi connectivity index (χ2v) is 6.95. The summed E-state index contributed by atoms with van der Waals surface area (Å²) in [5.74, 6) is 1.05. The molecule has 120 valence electrons. The molecule has 1 aliphatic heterocycles. The summed E-state index contributed by atoms with van der Waals surface area (Å²) >= 11 is 9.28. The van der Waals surface area contributed by atoms with Gasteiger partial charge in [0, 0.05) is 35.4 Å². The SMILES string of the molecule is O=C(Nc1cccc(Br)c1)C1CCN(c2ccc(Cl)cn2)CC1. The van der Waals surface area contributed by atoms with Crippen LogP contribution < -0.4 is 10.2 Å². The maximum atomic E-state index is 12.4. The predicted octanol–water partition coefficient (Wildman–Crippen LogP) is 4.35. The summed E-state index contributed by atoms with van der Waals surface area (Å²) in [6.07, 6.45) is 3.30. The molecule has 0 bridgehead atoms. The maximum absolute atomic E-state index is 12.4. The van der Waals surface area contributed by atoms with Crippen molar-refractivity contribution >= 4 is 44.9 Å². The summed E-state index contributed by atoms with van der Waals surface area (Å²) in [5, 5.41) is 3.63. The number of nitrogens with one attached hydrogen (secondary N) is 1. The molecule has 1 amide bonds. The topological polar surface area (TPSA) is 45.2 Å². The van der Waals surface area contributed by atoms with Gasteiger partial charge in [0.05, 0.1) is 5.02 Å². The van der Waals surface area contributed by atoms with Crippen molar-refractivity contribution in [1.82, 2.24) is 4.98 Å². The number of benzene rings is 1. The molecule has 6 heteroatoms. The Hall–Kier alpha value is -1.59. The van der Waals surface area contributed by atoms with Crippen molar-refractivity contribution in [2.24, 2.45) is 5.92 Å². The van der Waals surface area contributed by atoms with Gasteiger partial charge >= 0.3 is 0 Å². The molecule has 23 heavy (non-hydrogen) atoms. The molecule has 1 aromatic carbocycles. The molecule has 0 atom stereocenters. The number of hydrogen-bond acceptors (Lipinski definition) is 3. The monoisotopic (exact) mass is 393 g/mol. The standard InChI is InChI=1S/C17H17BrClN3O/c18-13-2-1-3-15(10-13)21-17(23)12-6-8-22(9-7-12)16-5-4-14(19)11-20-16/h1-5,10-12H,6-9H2,(H,21,23). The third kappa shape index (κ3) is 4.24. The second kappa shape index (κ2) is 7.32. The Morgan fingerprint density at radius 3 is 2.70 bits per heavy atom. The summed E-state index contributed by atoms with van der Waals surface area (Å²) in [6.45, 7) is 1.65. The largest absolute Gasteiger partial charge is 0.357 e. The van der Waals surface area contributed by atoms with E-state index in [0.717, 1.165) is 41.9 Å². The maximum Gasteiger partial charge on any atom is 0.227 e. The Kier molecular flexibility index (Phi) is 5.18. The van der Waals surface area contributed by atoms with Crippen LogP contribution >= 0.6 is 27.5 Å². The van der Waals surface area contributed by atoms with Gasteiger partial charge in [-0.2, -0.15) is 0 Å². The number of pyridine rings is 1. The Balaban J connectivity index is 1.56.